The summed E-state index contributed by atoms with van der Waals surface area (Å²) in [5, 5.41) is 0. The summed E-state index contributed by atoms with van der Waals surface area (Å²) in [7, 11) is 0. The van der Waals surface area contributed by atoms with Crippen LogP contribution in [0.25, 0.3) is 6.08 Å². The number of carbonyl (C=O) groups is 1. The van der Waals surface area contributed by atoms with Crippen molar-refractivity contribution in [2.24, 2.45) is 0 Å². The number of rotatable bonds is 3. The maximum atomic E-state index is 11.9. The van der Waals surface area contributed by atoms with Crippen LogP contribution in [0.1, 0.15) is 15.9 Å². The standard InChI is InChI=1S/C15H12OS2/c16-15(12-4-8-14(18)9-5-12)10-3-11-1-6-13(17)7-2-11/h1-10,17-18H/b10-3+. The molecule has 0 aliphatic carbocycles. The Balaban J connectivity index is 2.11. The second-order valence-electron chi connectivity index (χ2n) is 3.84. The Morgan fingerprint density at radius 2 is 1.33 bits per heavy atom. The van der Waals surface area contributed by atoms with Gasteiger partial charge in [-0.2, -0.15) is 0 Å². The first-order valence-corrected chi connectivity index (χ1v) is 6.35. The number of carbonyl (C=O) groups excluding carboxylic acids is 1. The van der Waals surface area contributed by atoms with Crippen LogP contribution in [0.4, 0.5) is 0 Å². The summed E-state index contributed by atoms with van der Waals surface area (Å²) < 4.78 is 0. The molecule has 2 aromatic rings. The van der Waals surface area contributed by atoms with Crippen molar-refractivity contribution in [1.82, 2.24) is 0 Å². The molecule has 2 rings (SSSR count). The molecule has 0 heterocycles. The fourth-order valence-electron chi connectivity index (χ4n) is 1.48. The Labute approximate surface area is 117 Å². The molecule has 0 aromatic heterocycles. The van der Waals surface area contributed by atoms with Crippen molar-refractivity contribution in [1.29, 1.82) is 0 Å². The molecular formula is C15H12OS2. The maximum Gasteiger partial charge on any atom is 0.185 e. The molecule has 0 spiro atoms. The third-order valence-electron chi connectivity index (χ3n) is 2.47. The van der Waals surface area contributed by atoms with Gasteiger partial charge in [-0.25, -0.2) is 0 Å². The first-order chi connectivity index (χ1) is 8.65. The van der Waals surface area contributed by atoms with Crippen LogP contribution in [-0.4, -0.2) is 5.78 Å². The molecule has 0 radical (unpaired) electrons. The van der Waals surface area contributed by atoms with Crippen molar-refractivity contribution >= 4 is 37.1 Å². The first-order valence-electron chi connectivity index (χ1n) is 5.45. The molecule has 0 aliphatic heterocycles. The lowest BCUT2D eigenvalue weighted by molar-refractivity contribution is 0.104. The van der Waals surface area contributed by atoms with Crippen LogP contribution < -0.4 is 0 Å². The SMILES string of the molecule is O=C(/C=C/c1ccc(S)cc1)c1ccc(S)cc1. The number of benzene rings is 2. The second kappa shape index (κ2) is 5.94. The van der Waals surface area contributed by atoms with E-state index in [1.165, 1.54) is 0 Å². The van der Waals surface area contributed by atoms with Crippen LogP contribution in [0.5, 0.6) is 0 Å². The first kappa shape index (κ1) is 13.0. The van der Waals surface area contributed by atoms with Gasteiger partial charge in [-0.1, -0.05) is 18.2 Å². The van der Waals surface area contributed by atoms with E-state index in [4.69, 9.17) is 0 Å². The van der Waals surface area contributed by atoms with E-state index in [1.807, 2.05) is 24.3 Å². The van der Waals surface area contributed by atoms with Crippen molar-refractivity contribution in [2.75, 3.05) is 0 Å². The topological polar surface area (TPSA) is 17.1 Å². The third-order valence-corrected chi connectivity index (χ3v) is 3.07. The highest BCUT2D eigenvalue weighted by Crippen LogP contribution is 2.11. The Morgan fingerprint density at radius 3 is 1.89 bits per heavy atom. The molecule has 0 aliphatic rings. The summed E-state index contributed by atoms with van der Waals surface area (Å²) in [6.45, 7) is 0. The Bertz CT molecular complexity index is 568. The minimum atomic E-state index is -0.0155. The Hall–Kier alpha value is -1.45. The molecule has 0 fully saturated rings. The van der Waals surface area contributed by atoms with E-state index >= 15 is 0 Å². The molecule has 0 unspecified atom stereocenters. The van der Waals surface area contributed by atoms with Crippen LogP contribution in [0.3, 0.4) is 0 Å². The highest BCUT2D eigenvalue weighted by atomic mass is 32.1. The van der Waals surface area contributed by atoms with E-state index in [9.17, 15) is 4.79 Å². The van der Waals surface area contributed by atoms with Crippen molar-refractivity contribution in [3.63, 3.8) is 0 Å². The summed E-state index contributed by atoms with van der Waals surface area (Å²) in [4.78, 5) is 13.6. The van der Waals surface area contributed by atoms with Crippen LogP contribution in [-0.2, 0) is 0 Å². The van der Waals surface area contributed by atoms with Gasteiger partial charge in [-0.15, -0.1) is 25.3 Å². The third kappa shape index (κ3) is 3.52. The van der Waals surface area contributed by atoms with Crippen LogP contribution >= 0.6 is 25.3 Å². The van der Waals surface area contributed by atoms with E-state index in [-0.39, 0.29) is 5.78 Å². The molecule has 0 atom stereocenters. The van der Waals surface area contributed by atoms with Crippen molar-refractivity contribution in [3.05, 3.63) is 65.7 Å². The molecule has 0 saturated heterocycles. The smallest absolute Gasteiger partial charge is 0.185 e. The minimum absolute atomic E-state index is 0.0155. The maximum absolute atomic E-state index is 11.9. The van der Waals surface area contributed by atoms with E-state index in [0.717, 1.165) is 15.4 Å². The van der Waals surface area contributed by atoms with Gasteiger partial charge in [0, 0.05) is 15.4 Å². The van der Waals surface area contributed by atoms with E-state index < -0.39 is 0 Å². The molecule has 0 bridgehead atoms. The van der Waals surface area contributed by atoms with E-state index in [1.54, 1.807) is 36.4 Å². The molecule has 3 heteroatoms. The zero-order chi connectivity index (χ0) is 13.0. The molecular weight excluding hydrogens is 260 g/mol. The van der Waals surface area contributed by atoms with Crippen molar-refractivity contribution < 1.29 is 4.79 Å². The highest BCUT2D eigenvalue weighted by molar-refractivity contribution is 7.80. The average molecular weight is 272 g/mol. The number of hydrogen-bond donors (Lipinski definition) is 2. The van der Waals surface area contributed by atoms with Gasteiger partial charge >= 0.3 is 0 Å². The Morgan fingerprint density at radius 1 is 0.833 bits per heavy atom. The lowest BCUT2D eigenvalue weighted by Gasteiger charge is -1.97. The van der Waals surface area contributed by atoms with E-state index in [2.05, 4.69) is 25.3 Å². The molecule has 90 valence electrons. The van der Waals surface area contributed by atoms with Crippen molar-refractivity contribution in [3.8, 4) is 0 Å². The quantitative estimate of drug-likeness (QED) is 0.487. The summed E-state index contributed by atoms with van der Waals surface area (Å²) in [5.41, 5.74) is 1.64. The fourth-order valence-corrected chi connectivity index (χ4v) is 1.78. The minimum Gasteiger partial charge on any atom is -0.289 e. The van der Waals surface area contributed by atoms with Crippen molar-refractivity contribution in [2.45, 2.75) is 9.79 Å². The number of allylic oxidation sites excluding steroid dienone is 1. The molecule has 18 heavy (non-hydrogen) atoms. The largest absolute Gasteiger partial charge is 0.289 e. The summed E-state index contributed by atoms with van der Waals surface area (Å²) >= 11 is 8.39. The van der Waals surface area contributed by atoms with Gasteiger partial charge in [0.2, 0.25) is 0 Å². The van der Waals surface area contributed by atoms with Gasteiger partial charge in [-0.05, 0) is 48.0 Å². The lowest BCUT2D eigenvalue weighted by atomic mass is 10.1. The Kier molecular flexibility index (Phi) is 4.28. The van der Waals surface area contributed by atoms with Gasteiger partial charge in [-0.3, -0.25) is 4.79 Å². The summed E-state index contributed by atoms with van der Waals surface area (Å²) in [6, 6.07) is 14.8. The lowest BCUT2D eigenvalue weighted by Crippen LogP contribution is -1.93. The summed E-state index contributed by atoms with van der Waals surface area (Å²) in [5.74, 6) is -0.0155. The molecule has 0 saturated carbocycles. The molecule has 2 aromatic carbocycles. The van der Waals surface area contributed by atoms with Gasteiger partial charge < -0.3 is 0 Å². The average Bonchev–Trinajstić information content (AvgIpc) is 2.38. The number of ketones is 1. The predicted molar refractivity (Wildman–Crippen MR) is 80.8 cm³/mol. The van der Waals surface area contributed by atoms with E-state index in [0.29, 0.717) is 5.56 Å². The number of thiol groups is 2. The van der Waals surface area contributed by atoms with Gasteiger partial charge in [0.05, 0.1) is 0 Å². The predicted octanol–water partition coefficient (Wildman–Crippen LogP) is 4.16. The molecule has 0 amide bonds. The fraction of sp³-hybridized carbons (Fsp3) is 0. The van der Waals surface area contributed by atoms with Gasteiger partial charge in [0.15, 0.2) is 5.78 Å². The zero-order valence-electron chi connectivity index (χ0n) is 9.58. The highest BCUT2D eigenvalue weighted by Gasteiger charge is 2.00. The molecule has 0 N–H and O–H groups in total. The van der Waals surface area contributed by atoms with Gasteiger partial charge in [0.1, 0.15) is 0 Å². The normalized spacial score (nSPS) is 10.8. The monoisotopic (exact) mass is 272 g/mol. The molecule has 1 nitrogen and oxygen atoms in total. The number of hydrogen-bond acceptors (Lipinski definition) is 3. The van der Waals surface area contributed by atoms with Crippen LogP contribution in [0.2, 0.25) is 0 Å². The zero-order valence-corrected chi connectivity index (χ0v) is 11.4. The second-order valence-corrected chi connectivity index (χ2v) is 4.87. The summed E-state index contributed by atoms with van der Waals surface area (Å²) in [6.07, 6.45) is 3.37. The van der Waals surface area contributed by atoms with Gasteiger partial charge in [0.25, 0.3) is 0 Å². The van der Waals surface area contributed by atoms with Crippen LogP contribution in [0.15, 0.2) is 64.4 Å². The van der Waals surface area contributed by atoms with Crippen LogP contribution in [0, 0.1) is 0 Å².